The molecule has 196 valence electrons. The van der Waals surface area contributed by atoms with E-state index in [9.17, 15) is 5.11 Å². The Morgan fingerprint density at radius 2 is 1.41 bits per heavy atom. The van der Waals surface area contributed by atoms with Gasteiger partial charge in [-0.15, -0.1) is 0 Å². The largest absolute Gasteiger partial charge is 0.508 e. The van der Waals surface area contributed by atoms with Crippen molar-refractivity contribution in [2.24, 2.45) is 0 Å². The number of ether oxygens (including phenoxy) is 1. The van der Waals surface area contributed by atoms with Gasteiger partial charge in [0.1, 0.15) is 5.75 Å². The van der Waals surface area contributed by atoms with Crippen LogP contribution in [-0.2, 0) is 9.16 Å². The molecule has 0 aliphatic carbocycles. The zero-order valence-electron chi connectivity index (χ0n) is 22.7. The van der Waals surface area contributed by atoms with Crippen LogP contribution >= 0.6 is 0 Å². The number of hydrogen-bond acceptors (Lipinski definition) is 4. The average molecular weight is 516 g/mol. The number of nitrogens with zero attached hydrogens (tertiary/aromatic N) is 1. The molecule has 0 saturated carbocycles. The van der Waals surface area contributed by atoms with Gasteiger partial charge in [-0.1, -0.05) is 93.6 Å². The van der Waals surface area contributed by atoms with Crippen molar-refractivity contribution in [2.45, 2.75) is 63.1 Å². The van der Waals surface area contributed by atoms with E-state index >= 15 is 0 Å². The predicted molar refractivity (Wildman–Crippen MR) is 153 cm³/mol. The Kier molecular flexibility index (Phi) is 7.34. The van der Waals surface area contributed by atoms with Gasteiger partial charge < -0.3 is 14.3 Å². The molecule has 5 rings (SSSR count). The molecule has 0 amide bonds. The summed E-state index contributed by atoms with van der Waals surface area (Å²) in [5.74, 6) is 0.860. The quantitative estimate of drug-likeness (QED) is 0.452. The Balaban J connectivity index is 1.44. The molecule has 2 atom stereocenters. The van der Waals surface area contributed by atoms with Gasteiger partial charge in [-0.3, -0.25) is 4.90 Å². The Labute approximate surface area is 223 Å². The van der Waals surface area contributed by atoms with E-state index < -0.39 is 8.32 Å². The zero-order valence-corrected chi connectivity index (χ0v) is 23.7. The Bertz CT molecular complexity index is 1110. The highest BCUT2D eigenvalue weighted by molar-refractivity contribution is 6.99. The standard InChI is InChI=1S/C32H41NO3Si/c1-31(2,3)37(28-11-7-5-8-12-28,29-13-9-6-10-14-29)36-30-23-35-24-32(30,4)33-21-19-26(20-22-33)25-15-17-27(34)18-16-25/h5-18,26,30,34H,19-24H2,1-4H3. The molecule has 37 heavy (non-hydrogen) atoms. The van der Waals surface area contributed by atoms with Crippen molar-refractivity contribution in [1.29, 1.82) is 0 Å². The van der Waals surface area contributed by atoms with Crippen LogP contribution in [0.4, 0.5) is 0 Å². The molecule has 0 spiro atoms. The molecule has 2 aliphatic rings. The summed E-state index contributed by atoms with van der Waals surface area (Å²) >= 11 is 0. The molecule has 2 unspecified atom stereocenters. The topological polar surface area (TPSA) is 41.9 Å². The molecule has 2 aliphatic heterocycles. The minimum Gasteiger partial charge on any atom is -0.508 e. The third kappa shape index (κ3) is 4.90. The van der Waals surface area contributed by atoms with E-state index in [-0.39, 0.29) is 16.7 Å². The van der Waals surface area contributed by atoms with Crippen molar-refractivity contribution in [3.05, 3.63) is 90.5 Å². The highest BCUT2D eigenvalue weighted by Gasteiger charge is 2.56. The van der Waals surface area contributed by atoms with E-state index in [0.29, 0.717) is 24.9 Å². The van der Waals surface area contributed by atoms with Crippen molar-refractivity contribution >= 4 is 18.7 Å². The Hall–Kier alpha value is -2.44. The lowest BCUT2D eigenvalue weighted by molar-refractivity contribution is 0.00482. The molecule has 3 aromatic carbocycles. The lowest BCUT2D eigenvalue weighted by atomic mass is 9.86. The summed E-state index contributed by atoms with van der Waals surface area (Å²) in [4.78, 5) is 2.62. The highest BCUT2D eigenvalue weighted by atomic mass is 28.4. The van der Waals surface area contributed by atoms with Crippen molar-refractivity contribution < 1.29 is 14.3 Å². The number of phenolic OH excluding ortho intramolecular Hbond substituents is 1. The first-order chi connectivity index (χ1) is 17.7. The molecule has 5 heteroatoms. The molecule has 3 aromatic rings. The first-order valence-corrected chi connectivity index (χ1v) is 15.6. The van der Waals surface area contributed by atoms with Crippen molar-refractivity contribution in [1.82, 2.24) is 4.90 Å². The molecule has 2 saturated heterocycles. The van der Waals surface area contributed by atoms with Gasteiger partial charge in [0.2, 0.25) is 0 Å². The fourth-order valence-electron chi connectivity index (χ4n) is 6.48. The van der Waals surface area contributed by atoms with Crippen LogP contribution in [0.15, 0.2) is 84.9 Å². The van der Waals surface area contributed by atoms with Crippen LogP contribution in [-0.4, -0.2) is 56.3 Å². The van der Waals surface area contributed by atoms with E-state index in [0.717, 1.165) is 25.9 Å². The SMILES string of the molecule is CC1(N2CCC(c3ccc(O)cc3)CC2)COCC1O[Si](c1ccccc1)(c1ccccc1)C(C)(C)C. The van der Waals surface area contributed by atoms with Crippen molar-refractivity contribution in [3.63, 3.8) is 0 Å². The van der Waals surface area contributed by atoms with Crippen LogP contribution < -0.4 is 10.4 Å². The summed E-state index contributed by atoms with van der Waals surface area (Å²) in [6.07, 6.45) is 2.20. The number of aromatic hydroxyl groups is 1. The van der Waals surface area contributed by atoms with Gasteiger partial charge in [0.05, 0.1) is 24.9 Å². The van der Waals surface area contributed by atoms with Gasteiger partial charge in [0, 0.05) is 0 Å². The monoisotopic (exact) mass is 515 g/mol. The lowest BCUT2D eigenvalue weighted by Gasteiger charge is -2.50. The summed E-state index contributed by atoms with van der Waals surface area (Å²) in [7, 11) is -2.67. The molecule has 0 bridgehead atoms. The molecule has 1 N–H and O–H groups in total. The first-order valence-electron chi connectivity index (χ1n) is 13.6. The summed E-state index contributed by atoms with van der Waals surface area (Å²) in [6.45, 7) is 12.7. The number of rotatable bonds is 6. The normalized spacial score (nSPS) is 23.8. The van der Waals surface area contributed by atoms with E-state index in [2.05, 4.69) is 105 Å². The van der Waals surface area contributed by atoms with Gasteiger partial charge in [-0.2, -0.15) is 0 Å². The molecule has 2 heterocycles. The van der Waals surface area contributed by atoms with Gasteiger partial charge in [-0.05, 0) is 71.9 Å². The van der Waals surface area contributed by atoms with E-state index in [4.69, 9.17) is 9.16 Å². The van der Waals surface area contributed by atoms with Gasteiger partial charge in [0.25, 0.3) is 8.32 Å². The third-order valence-corrected chi connectivity index (χ3v) is 13.7. The van der Waals surface area contributed by atoms with Crippen molar-refractivity contribution in [3.8, 4) is 5.75 Å². The molecule has 0 aromatic heterocycles. The Morgan fingerprint density at radius 1 is 0.865 bits per heavy atom. The third-order valence-electron chi connectivity index (χ3n) is 8.67. The van der Waals surface area contributed by atoms with Crippen LogP contribution in [0.3, 0.4) is 0 Å². The molecular weight excluding hydrogens is 474 g/mol. The zero-order chi connectivity index (χ0) is 26.1. The Morgan fingerprint density at radius 3 is 1.92 bits per heavy atom. The molecular formula is C32H41NO3Si. The smallest absolute Gasteiger partial charge is 0.261 e. The maximum atomic E-state index is 9.69. The van der Waals surface area contributed by atoms with E-state index in [1.165, 1.54) is 15.9 Å². The second-order valence-electron chi connectivity index (χ2n) is 12.0. The summed E-state index contributed by atoms with van der Waals surface area (Å²) in [5.41, 5.74) is 1.15. The second kappa shape index (κ2) is 10.4. The van der Waals surface area contributed by atoms with Crippen molar-refractivity contribution in [2.75, 3.05) is 26.3 Å². The van der Waals surface area contributed by atoms with Crippen LogP contribution in [0.25, 0.3) is 0 Å². The van der Waals surface area contributed by atoms with Crippen LogP contribution in [0.2, 0.25) is 5.04 Å². The fourth-order valence-corrected chi connectivity index (χ4v) is 11.2. The number of likely N-dealkylation sites (tertiary alicyclic amines) is 1. The number of piperidine rings is 1. The molecule has 2 fully saturated rings. The number of phenols is 1. The second-order valence-corrected chi connectivity index (χ2v) is 16.2. The van der Waals surface area contributed by atoms with Gasteiger partial charge >= 0.3 is 0 Å². The van der Waals surface area contributed by atoms with Gasteiger partial charge in [-0.25, -0.2) is 0 Å². The summed E-state index contributed by atoms with van der Waals surface area (Å²) < 4.78 is 13.8. The average Bonchev–Trinajstić information content (AvgIpc) is 3.29. The van der Waals surface area contributed by atoms with E-state index in [1.54, 1.807) is 0 Å². The minimum atomic E-state index is -2.67. The first kappa shape index (κ1) is 26.2. The molecule has 4 nitrogen and oxygen atoms in total. The summed E-state index contributed by atoms with van der Waals surface area (Å²) in [5, 5.41) is 12.2. The van der Waals surface area contributed by atoms with Gasteiger partial charge in [0.15, 0.2) is 0 Å². The fraction of sp³-hybridized carbons (Fsp3) is 0.438. The maximum Gasteiger partial charge on any atom is 0.261 e. The van der Waals surface area contributed by atoms with E-state index in [1.807, 2.05) is 12.1 Å². The lowest BCUT2D eigenvalue weighted by Crippen LogP contribution is -2.70. The number of hydrogen-bond donors (Lipinski definition) is 1. The van der Waals surface area contributed by atoms with Crippen LogP contribution in [0.1, 0.15) is 52.0 Å². The molecule has 0 radical (unpaired) electrons. The highest BCUT2D eigenvalue weighted by Crippen LogP contribution is 2.42. The summed E-state index contributed by atoms with van der Waals surface area (Å²) in [6, 6.07) is 29.6. The van der Waals surface area contributed by atoms with Crippen LogP contribution in [0, 0.1) is 0 Å². The number of benzene rings is 3. The minimum absolute atomic E-state index is 0.0102. The van der Waals surface area contributed by atoms with Crippen LogP contribution in [0.5, 0.6) is 5.75 Å². The predicted octanol–water partition coefficient (Wildman–Crippen LogP) is 5.31. The maximum absolute atomic E-state index is 9.69.